The van der Waals surface area contributed by atoms with Gasteiger partial charge in [-0.1, -0.05) is 60.7 Å². The third-order valence-electron chi connectivity index (χ3n) is 5.60. The van der Waals surface area contributed by atoms with Crippen molar-refractivity contribution in [2.75, 3.05) is 0 Å². The van der Waals surface area contributed by atoms with Crippen LogP contribution < -0.4 is 10.6 Å². The molecular formula is C26H27N3O6S. The van der Waals surface area contributed by atoms with Crippen molar-refractivity contribution < 1.29 is 28.7 Å². The Hall–Kier alpha value is -3.79. The number of esters is 1. The topological polar surface area (TPSA) is 114 Å². The lowest BCUT2D eigenvalue weighted by Crippen LogP contribution is -2.74. The summed E-state index contributed by atoms with van der Waals surface area (Å²) >= 11 is 1.22. The Balaban J connectivity index is 1.64. The van der Waals surface area contributed by atoms with Crippen molar-refractivity contribution in [2.24, 2.45) is 0 Å². The number of ether oxygens (including phenoxy) is 2. The van der Waals surface area contributed by atoms with Crippen molar-refractivity contribution in [3.63, 3.8) is 0 Å². The highest BCUT2D eigenvalue weighted by Crippen LogP contribution is 2.40. The van der Waals surface area contributed by atoms with Crippen molar-refractivity contribution in [2.45, 2.75) is 50.4 Å². The van der Waals surface area contributed by atoms with Gasteiger partial charge in [0.2, 0.25) is 11.8 Å². The van der Waals surface area contributed by atoms with Crippen LogP contribution in [-0.4, -0.2) is 52.3 Å². The number of nitrogens with zero attached hydrogens (tertiary/aromatic N) is 1. The molecule has 2 unspecified atom stereocenters. The maximum atomic E-state index is 13.7. The molecule has 2 aromatic carbocycles. The molecule has 0 bridgehead atoms. The number of fused-ring (bicyclic) bond motifs is 1. The van der Waals surface area contributed by atoms with Crippen LogP contribution in [0.1, 0.15) is 38.0 Å². The first-order valence-electron chi connectivity index (χ1n) is 11.5. The summed E-state index contributed by atoms with van der Waals surface area (Å²) in [6, 6.07) is 16.5. The van der Waals surface area contributed by atoms with Crippen molar-refractivity contribution >= 4 is 35.6 Å². The average Bonchev–Trinajstić information content (AvgIpc) is 2.85. The Morgan fingerprint density at radius 1 is 0.944 bits per heavy atom. The number of nitrogens with one attached hydrogen (secondary N) is 2. The highest BCUT2D eigenvalue weighted by molar-refractivity contribution is 8.02. The zero-order chi connectivity index (χ0) is 25.8. The van der Waals surface area contributed by atoms with E-state index in [0.717, 1.165) is 11.1 Å². The maximum absolute atomic E-state index is 13.7. The molecule has 2 aliphatic rings. The standard InChI is InChI=1S/C26H27N3O6S/c1-15(2)34-26(33)28-19-14-36-24-20(27-16(3)30)23(31)29(24)21(19)25(32)35-22(17-10-6-4-7-11-17)18-12-8-5-9-13-18/h4-15,20-22,24H,1-3H3,(H,27,30)(H,28,33)/t20?,21?,24-/m0/s1. The van der Waals surface area contributed by atoms with Gasteiger partial charge < -0.3 is 19.7 Å². The summed E-state index contributed by atoms with van der Waals surface area (Å²) in [6.45, 7) is 4.73. The number of hydrogen-bond acceptors (Lipinski definition) is 7. The molecule has 9 nitrogen and oxygen atoms in total. The monoisotopic (exact) mass is 509 g/mol. The molecule has 10 heteroatoms. The summed E-state index contributed by atoms with van der Waals surface area (Å²) in [7, 11) is 0. The molecule has 2 aromatic rings. The molecule has 2 heterocycles. The average molecular weight is 510 g/mol. The lowest BCUT2D eigenvalue weighted by atomic mass is 9.99. The minimum Gasteiger partial charge on any atom is -0.451 e. The lowest BCUT2D eigenvalue weighted by molar-refractivity contribution is -0.165. The predicted molar refractivity (Wildman–Crippen MR) is 133 cm³/mol. The van der Waals surface area contributed by atoms with Crippen LogP contribution in [0.5, 0.6) is 0 Å². The number of hydrogen-bond donors (Lipinski definition) is 2. The molecule has 0 aromatic heterocycles. The fourth-order valence-electron chi connectivity index (χ4n) is 4.08. The van der Waals surface area contributed by atoms with Crippen LogP contribution in [0.2, 0.25) is 0 Å². The molecule has 2 N–H and O–H groups in total. The number of rotatable bonds is 7. The molecule has 0 saturated carbocycles. The second kappa shape index (κ2) is 10.9. The number of thioether (sulfide) groups is 1. The van der Waals surface area contributed by atoms with E-state index in [2.05, 4.69) is 10.6 Å². The molecule has 1 fully saturated rings. The molecule has 188 valence electrons. The first-order valence-corrected chi connectivity index (χ1v) is 12.4. The van der Waals surface area contributed by atoms with Gasteiger partial charge in [-0.3, -0.25) is 14.9 Å². The summed E-state index contributed by atoms with van der Waals surface area (Å²) in [6.07, 6.45) is -1.86. The molecule has 3 atom stereocenters. The molecule has 3 amide bonds. The van der Waals surface area contributed by atoms with Gasteiger partial charge in [0.25, 0.3) is 0 Å². The second-order valence-corrected chi connectivity index (χ2v) is 9.63. The van der Waals surface area contributed by atoms with Gasteiger partial charge in [-0.15, -0.1) is 11.8 Å². The van der Waals surface area contributed by atoms with E-state index in [4.69, 9.17) is 9.47 Å². The molecule has 1 saturated heterocycles. The van der Waals surface area contributed by atoms with Crippen LogP contribution in [-0.2, 0) is 23.9 Å². The number of amides is 3. The van der Waals surface area contributed by atoms with E-state index in [9.17, 15) is 19.2 Å². The highest BCUT2D eigenvalue weighted by Gasteiger charge is 2.56. The minimum atomic E-state index is -1.22. The largest absolute Gasteiger partial charge is 0.451 e. The van der Waals surface area contributed by atoms with Crippen molar-refractivity contribution in [3.8, 4) is 0 Å². The van der Waals surface area contributed by atoms with Crippen LogP contribution >= 0.6 is 11.8 Å². The van der Waals surface area contributed by atoms with Gasteiger partial charge in [0, 0.05) is 6.92 Å². The Bertz CT molecular complexity index is 1130. The van der Waals surface area contributed by atoms with E-state index < -0.39 is 41.5 Å². The van der Waals surface area contributed by atoms with Crippen LogP contribution in [0.3, 0.4) is 0 Å². The zero-order valence-electron chi connectivity index (χ0n) is 20.0. The van der Waals surface area contributed by atoms with Gasteiger partial charge >= 0.3 is 12.1 Å². The quantitative estimate of drug-likeness (QED) is 0.436. The number of carbonyl (C=O) groups is 4. The van der Waals surface area contributed by atoms with Crippen LogP contribution in [0.4, 0.5) is 4.79 Å². The maximum Gasteiger partial charge on any atom is 0.411 e. The highest BCUT2D eigenvalue weighted by atomic mass is 32.2. The van der Waals surface area contributed by atoms with E-state index in [-0.39, 0.29) is 17.7 Å². The summed E-state index contributed by atoms with van der Waals surface area (Å²) in [5.41, 5.74) is 1.67. The third kappa shape index (κ3) is 5.38. The van der Waals surface area contributed by atoms with Gasteiger partial charge in [0.1, 0.15) is 11.4 Å². The van der Waals surface area contributed by atoms with Crippen molar-refractivity contribution in [3.05, 3.63) is 82.9 Å². The van der Waals surface area contributed by atoms with Crippen LogP contribution in [0.25, 0.3) is 0 Å². The van der Waals surface area contributed by atoms with Gasteiger partial charge in [0.15, 0.2) is 12.1 Å². The van der Waals surface area contributed by atoms with Crippen LogP contribution in [0.15, 0.2) is 71.8 Å². The molecule has 0 aliphatic carbocycles. The fraction of sp³-hybridized carbons (Fsp3) is 0.308. The second-order valence-electron chi connectivity index (χ2n) is 8.64. The first-order chi connectivity index (χ1) is 17.3. The Morgan fingerprint density at radius 3 is 2.06 bits per heavy atom. The predicted octanol–water partition coefficient (Wildman–Crippen LogP) is 3.08. The normalized spacial score (nSPS) is 20.7. The Labute approximate surface area is 213 Å². The lowest BCUT2D eigenvalue weighted by Gasteiger charge is -2.51. The summed E-state index contributed by atoms with van der Waals surface area (Å²) < 4.78 is 11.2. The summed E-state index contributed by atoms with van der Waals surface area (Å²) in [5.74, 6) is -1.51. The molecule has 4 rings (SSSR count). The molecule has 0 spiro atoms. The summed E-state index contributed by atoms with van der Waals surface area (Å²) in [4.78, 5) is 52.0. The van der Waals surface area contributed by atoms with Crippen molar-refractivity contribution in [1.82, 2.24) is 15.5 Å². The van der Waals surface area contributed by atoms with Crippen molar-refractivity contribution in [1.29, 1.82) is 0 Å². The van der Waals surface area contributed by atoms with Crippen LogP contribution in [0, 0.1) is 0 Å². The van der Waals surface area contributed by atoms with E-state index in [1.807, 2.05) is 60.7 Å². The Kier molecular flexibility index (Phi) is 7.64. The minimum absolute atomic E-state index is 0.168. The zero-order valence-corrected chi connectivity index (χ0v) is 20.9. The van der Waals surface area contributed by atoms with Gasteiger partial charge in [-0.2, -0.15) is 0 Å². The summed E-state index contributed by atoms with van der Waals surface area (Å²) in [5, 5.41) is 6.29. The first kappa shape index (κ1) is 25.3. The van der Waals surface area contributed by atoms with E-state index in [1.54, 1.807) is 19.3 Å². The number of benzene rings is 2. The smallest absolute Gasteiger partial charge is 0.411 e. The van der Waals surface area contributed by atoms with Gasteiger partial charge in [-0.25, -0.2) is 9.59 Å². The van der Waals surface area contributed by atoms with Gasteiger partial charge in [0.05, 0.1) is 11.8 Å². The fourth-order valence-corrected chi connectivity index (χ4v) is 5.25. The van der Waals surface area contributed by atoms with E-state index in [0.29, 0.717) is 0 Å². The van der Waals surface area contributed by atoms with Gasteiger partial charge in [-0.05, 0) is 30.4 Å². The van der Waals surface area contributed by atoms with E-state index >= 15 is 0 Å². The Morgan fingerprint density at radius 2 is 1.53 bits per heavy atom. The molecule has 2 aliphatic heterocycles. The molecule has 0 radical (unpaired) electrons. The van der Waals surface area contributed by atoms with E-state index in [1.165, 1.54) is 23.6 Å². The number of β-lactam (4-membered cyclic amide) rings is 1. The molecular weight excluding hydrogens is 482 g/mol. The SMILES string of the molecule is CC(=O)NC1C(=O)N2C(C(=O)OC(c3ccccc3)c3ccccc3)C(NC(=O)OC(C)C)=CS[C@@H]12. The molecule has 36 heavy (non-hydrogen) atoms. The third-order valence-corrected chi connectivity index (χ3v) is 6.77. The number of carbonyl (C=O) groups excluding carboxylic acids is 4. The number of alkyl carbamates (subject to hydrolysis) is 1.